The fourth-order valence-corrected chi connectivity index (χ4v) is 5.77. The maximum Gasteiger partial charge on any atom is 0.407 e. The lowest BCUT2D eigenvalue weighted by Gasteiger charge is -2.31. The molecule has 0 spiro atoms. The maximum absolute atomic E-state index is 13.0. The molecule has 0 saturated carbocycles. The van der Waals surface area contributed by atoms with Gasteiger partial charge >= 0.3 is 12.1 Å². The van der Waals surface area contributed by atoms with E-state index in [9.17, 15) is 14.7 Å². The van der Waals surface area contributed by atoms with Gasteiger partial charge in [0.2, 0.25) is 11.8 Å². The average Bonchev–Trinajstić information content (AvgIpc) is 3.03. The van der Waals surface area contributed by atoms with Gasteiger partial charge in [0.15, 0.2) is 0 Å². The number of amides is 3. The zero-order chi connectivity index (χ0) is 29.8. The minimum Gasteiger partial charge on any atom is -0.465 e. The lowest BCUT2D eigenvalue weighted by atomic mass is 10.0. The number of anilines is 2. The number of carbonyl (C=O) groups is 2. The first kappa shape index (κ1) is 28.2. The third-order valence-electron chi connectivity index (χ3n) is 8.02. The number of nitrogens with zero attached hydrogens (tertiary/aromatic N) is 5. The van der Waals surface area contributed by atoms with Crippen LogP contribution in [0, 0.1) is 6.92 Å². The van der Waals surface area contributed by atoms with Crippen molar-refractivity contribution in [2.45, 2.75) is 45.1 Å². The fourth-order valence-electron chi connectivity index (χ4n) is 5.77. The molecule has 222 valence electrons. The summed E-state index contributed by atoms with van der Waals surface area (Å²) in [6.07, 6.45) is 7.25. The van der Waals surface area contributed by atoms with Crippen molar-refractivity contribution in [3.05, 3.63) is 66.5 Å². The van der Waals surface area contributed by atoms with Gasteiger partial charge in [-0.3, -0.25) is 0 Å². The van der Waals surface area contributed by atoms with Crippen molar-refractivity contribution in [2.24, 2.45) is 0 Å². The molecule has 3 N–H and O–H groups in total. The molecular weight excluding hydrogens is 546 g/mol. The predicted octanol–water partition coefficient (Wildman–Crippen LogP) is 6.36. The smallest absolute Gasteiger partial charge is 0.407 e. The number of likely N-dealkylation sites (tertiary alicyclic amines) is 2. The number of hydrogen-bond donors (Lipinski definition) is 3. The molecule has 2 saturated heterocycles. The van der Waals surface area contributed by atoms with Crippen LogP contribution >= 0.6 is 0 Å². The second-order valence-electron chi connectivity index (χ2n) is 11.0. The van der Waals surface area contributed by atoms with Crippen molar-refractivity contribution in [1.29, 1.82) is 0 Å². The summed E-state index contributed by atoms with van der Waals surface area (Å²) in [5.74, 6) is 1.45. The van der Waals surface area contributed by atoms with E-state index < -0.39 is 6.09 Å². The van der Waals surface area contributed by atoms with Crippen molar-refractivity contribution in [3.8, 4) is 22.9 Å². The Kier molecular flexibility index (Phi) is 8.21. The van der Waals surface area contributed by atoms with Gasteiger partial charge in [-0.05, 0) is 68.9 Å². The van der Waals surface area contributed by atoms with E-state index in [1.54, 1.807) is 18.5 Å². The maximum atomic E-state index is 13.0. The molecule has 0 aliphatic carbocycles. The highest BCUT2D eigenvalue weighted by Gasteiger charge is 2.24. The Balaban J connectivity index is 1.27. The number of nitrogens with one attached hydrogen (secondary N) is 2. The third kappa shape index (κ3) is 6.30. The monoisotopic (exact) mass is 581 g/mol. The SMILES string of the molecule is Cc1ccc2c(NC(=O)N3CCCCC3)cccc2c1Oc1ncccc1-c1ccnc(NC2CCCN(C(=O)O)C2)n1. The number of pyridine rings is 1. The van der Waals surface area contributed by atoms with Gasteiger partial charge in [0.25, 0.3) is 0 Å². The van der Waals surface area contributed by atoms with E-state index in [1.807, 2.05) is 54.3 Å². The van der Waals surface area contributed by atoms with Gasteiger partial charge in [-0.2, -0.15) is 0 Å². The standard InChI is InChI=1S/C32H35N7O4/c1-21-12-13-23-24(9-5-11-26(23)37-31(40)38-17-3-2-4-18-38)28(21)43-29-25(10-6-15-33-29)27-14-16-34-30(36-27)35-22-8-7-19-39(20-22)32(41)42/h5-6,9-16,22H,2-4,7-8,17-20H2,1H3,(H,37,40)(H,41,42)(H,34,35,36). The molecule has 2 aliphatic heterocycles. The van der Waals surface area contributed by atoms with Crippen LogP contribution in [0.1, 0.15) is 37.7 Å². The molecule has 1 atom stereocenters. The zero-order valence-corrected chi connectivity index (χ0v) is 24.1. The number of ether oxygens (including phenoxy) is 1. The number of fused-ring (bicyclic) bond motifs is 1. The summed E-state index contributed by atoms with van der Waals surface area (Å²) in [5.41, 5.74) is 2.97. The molecular formula is C32H35N7O4. The molecule has 2 aliphatic rings. The van der Waals surface area contributed by atoms with E-state index in [2.05, 4.69) is 20.6 Å². The largest absolute Gasteiger partial charge is 0.465 e. The van der Waals surface area contributed by atoms with E-state index in [0.717, 1.165) is 67.2 Å². The van der Waals surface area contributed by atoms with Gasteiger partial charge in [-0.1, -0.05) is 24.3 Å². The van der Waals surface area contributed by atoms with Crippen molar-refractivity contribution in [3.63, 3.8) is 0 Å². The number of piperidine rings is 2. The van der Waals surface area contributed by atoms with E-state index >= 15 is 0 Å². The Morgan fingerprint density at radius 3 is 2.58 bits per heavy atom. The van der Waals surface area contributed by atoms with Gasteiger partial charge in [0, 0.05) is 55.4 Å². The Hall–Kier alpha value is -4.93. The van der Waals surface area contributed by atoms with Crippen molar-refractivity contribution < 1.29 is 19.4 Å². The second kappa shape index (κ2) is 12.5. The normalized spacial score (nSPS) is 17.0. The molecule has 43 heavy (non-hydrogen) atoms. The molecule has 11 nitrogen and oxygen atoms in total. The average molecular weight is 582 g/mol. The molecule has 4 aromatic rings. The Morgan fingerprint density at radius 1 is 0.907 bits per heavy atom. The summed E-state index contributed by atoms with van der Waals surface area (Å²) in [7, 11) is 0. The van der Waals surface area contributed by atoms with Crippen molar-refractivity contribution >= 4 is 34.5 Å². The number of carbonyl (C=O) groups excluding carboxylic acids is 1. The summed E-state index contributed by atoms with van der Waals surface area (Å²) in [6.45, 7) is 4.44. The molecule has 2 fully saturated rings. The van der Waals surface area contributed by atoms with Crippen molar-refractivity contribution in [2.75, 3.05) is 36.8 Å². The van der Waals surface area contributed by atoms with Crippen LogP contribution in [0.2, 0.25) is 0 Å². The summed E-state index contributed by atoms with van der Waals surface area (Å²) in [5, 5.41) is 17.5. The van der Waals surface area contributed by atoms with E-state index in [-0.39, 0.29) is 12.1 Å². The molecule has 2 aromatic carbocycles. The van der Waals surface area contributed by atoms with Crippen molar-refractivity contribution in [1.82, 2.24) is 24.8 Å². The highest BCUT2D eigenvalue weighted by molar-refractivity contribution is 6.04. The Morgan fingerprint density at radius 2 is 1.74 bits per heavy atom. The summed E-state index contributed by atoms with van der Waals surface area (Å²) in [4.78, 5) is 41.4. The predicted molar refractivity (Wildman–Crippen MR) is 165 cm³/mol. The molecule has 2 aromatic heterocycles. The van der Waals surface area contributed by atoms with Crippen LogP contribution in [-0.4, -0.2) is 74.2 Å². The Labute approximate surface area is 249 Å². The topological polar surface area (TPSA) is 133 Å². The summed E-state index contributed by atoms with van der Waals surface area (Å²) in [6, 6.07) is 15.1. The van der Waals surface area contributed by atoms with Crippen LogP contribution in [0.25, 0.3) is 22.0 Å². The molecule has 3 amide bonds. The van der Waals surface area contributed by atoms with Gasteiger partial charge in [-0.15, -0.1) is 0 Å². The number of urea groups is 1. The van der Waals surface area contributed by atoms with Crippen LogP contribution < -0.4 is 15.4 Å². The lowest BCUT2D eigenvalue weighted by Crippen LogP contribution is -2.44. The van der Waals surface area contributed by atoms with Gasteiger partial charge in [-0.25, -0.2) is 24.5 Å². The first-order valence-electron chi connectivity index (χ1n) is 14.8. The van der Waals surface area contributed by atoms with E-state index in [1.165, 1.54) is 4.90 Å². The van der Waals surface area contributed by atoms with E-state index in [0.29, 0.717) is 41.9 Å². The number of aromatic nitrogens is 3. The van der Waals surface area contributed by atoms with Gasteiger partial charge in [0.05, 0.1) is 16.9 Å². The highest BCUT2D eigenvalue weighted by atomic mass is 16.5. The number of hydrogen-bond acceptors (Lipinski definition) is 7. The third-order valence-corrected chi connectivity index (χ3v) is 8.02. The number of aryl methyl sites for hydroxylation is 1. The first-order chi connectivity index (χ1) is 21.0. The fraction of sp³-hybridized carbons (Fsp3) is 0.344. The second-order valence-corrected chi connectivity index (χ2v) is 11.0. The number of benzene rings is 2. The lowest BCUT2D eigenvalue weighted by molar-refractivity contribution is 0.132. The van der Waals surface area contributed by atoms with Crippen LogP contribution in [-0.2, 0) is 0 Å². The summed E-state index contributed by atoms with van der Waals surface area (Å²) >= 11 is 0. The molecule has 11 heteroatoms. The van der Waals surface area contributed by atoms with Gasteiger partial charge < -0.3 is 30.3 Å². The number of rotatable bonds is 6. The minimum atomic E-state index is -0.918. The zero-order valence-electron chi connectivity index (χ0n) is 24.1. The molecule has 0 radical (unpaired) electrons. The minimum absolute atomic E-state index is 0.0762. The quantitative estimate of drug-likeness (QED) is 0.239. The Bertz CT molecular complexity index is 1640. The molecule has 6 rings (SSSR count). The van der Waals surface area contributed by atoms with Crippen LogP contribution in [0.5, 0.6) is 11.6 Å². The van der Waals surface area contributed by atoms with Crippen LogP contribution in [0.15, 0.2) is 60.9 Å². The molecule has 4 heterocycles. The van der Waals surface area contributed by atoms with E-state index in [4.69, 9.17) is 9.72 Å². The highest BCUT2D eigenvalue weighted by Crippen LogP contribution is 2.38. The van der Waals surface area contributed by atoms with Crippen LogP contribution in [0.4, 0.5) is 21.2 Å². The molecule has 1 unspecified atom stereocenters. The first-order valence-corrected chi connectivity index (χ1v) is 14.8. The number of carboxylic acid groups (broad SMARTS) is 1. The summed E-state index contributed by atoms with van der Waals surface area (Å²) < 4.78 is 6.53. The molecule has 0 bridgehead atoms. The van der Waals surface area contributed by atoms with Crippen LogP contribution in [0.3, 0.4) is 0 Å². The van der Waals surface area contributed by atoms with Gasteiger partial charge in [0.1, 0.15) is 5.75 Å².